The van der Waals surface area contributed by atoms with Crippen LogP contribution in [0.25, 0.3) is 11.1 Å². The van der Waals surface area contributed by atoms with Crippen LogP contribution in [0, 0.1) is 0 Å². The SMILES string of the molecule is CC1(C)Oc2cc(N3CCCC3=O)ccc2-c2cnc(Nc3cncc(N4CCNC4=O)c3)cc21. The number of urea groups is 1. The van der Waals surface area contributed by atoms with Crippen molar-refractivity contribution < 1.29 is 14.3 Å². The number of carbonyl (C=O) groups excluding carboxylic acids is 2. The number of anilines is 4. The van der Waals surface area contributed by atoms with Gasteiger partial charge in [0.15, 0.2) is 0 Å². The molecule has 0 aliphatic carbocycles. The smallest absolute Gasteiger partial charge is 0.322 e. The van der Waals surface area contributed by atoms with Crippen molar-refractivity contribution in [1.29, 1.82) is 0 Å². The second-order valence-corrected chi connectivity index (χ2v) is 9.50. The van der Waals surface area contributed by atoms with Crippen LogP contribution in [0.3, 0.4) is 0 Å². The molecule has 178 valence electrons. The maximum absolute atomic E-state index is 12.2. The third-order valence-corrected chi connectivity index (χ3v) is 6.72. The van der Waals surface area contributed by atoms with Crippen molar-refractivity contribution in [3.8, 4) is 16.9 Å². The van der Waals surface area contributed by atoms with E-state index in [9.17, 15) is 9.59 Å². The summed E-state index contributed by atoms with van der Waals surface area (Å²) < 4.78 is 6.43. The molecule has 0 atom stereocenters. The molecule has 0 unspecified atom stereocenters. The third kappa shape index (κ3) is 3.73. The number of amides is 3. The molecule has 35 heavy (non-hydrogen) atoms. The molecule has 1 aromatic carbocycles. The normalized spacial score (nSPS) is 18.1. The standard InChI is InChI=1S/C26H26N6O3/c1-26(2)21-12-23(30-16-10-18(14-27-13-16)32-9-7-28-25(32)34)29-15-20(21)19-6-5-17(11-22(19)35-26)31-8-3-4-24(31)33/h5-6,10-15H,3-4,7-9H2,1-2H3,(H,28,34)(H,29,30). The molecular formula is C26H26N6O3. The Labute approximate surface area is 203 Å². The Morgan fingerprint density at radius 2 is 1.89 bits per heavy atom. The lowest BCUT2D eigenvalue weighted by Crippen LogP contribution is -2.30. The van der Waals surface area contributed by atoms with Crippen LogP contribution < -0.4 is 25.2 Å². The van der Waals surface area contributed by atoms with E-state index in [2.05, 4.69) is 20.6 Å². The highest BCUT2D eigenvalue weighted by Gasteiger charge is 2.34. The molecule has 9 nitrogen and oxygen atoms in total. The van der Waals surface area contributed by atoms with Gasteiger partial charge in [-0.2, -0.15) is 0 Å². The summed E-state index contributed by atoms with van der Waals surface area (Å²) >= 11 is 0. The number of carbonyl (C=O) groups is 2. The maximum atomic E-state index is 12.2. The second-order valence-electron chi connectivity index (χ2n) is 9.50. The van der Waals surface area contributed by atoms with E-state index in [1.54, 1.807) is 17.3 Å². The molecule has 6 rings (SSSR count). The molecule has 3 amide bonds. The first-order valence-electron chi connectivity index (χ1n) is 11.8. The van der Waals surface area contributed by atoms with E-state index < -0.39 is 5.60 Å². The fourth-order valence-corrected chi connectivity index (χ4v) is 4.98. The number of fused-ring (bicyclic) bond motifs is 3. The molecule has 2 aromatic heterocycles. The zero-order valence-electron chi connectivity index (χ0n) is 19.7. The highest BCUT2D eigenvalue weighted by atomic mass is 16.5. The molecule has 9 heteroatoms. The van der Waals surface area contributed by atoms with Crippen molar-refractivity contribution in [2.75, 3.05) is 34.8 Å². The van der Waals surface area contributed by atoms with Crippen molar-refractivity contribution in [2.45, 2.75) is 32.3 Å². The van der Waals surface area contributed by atoms with Crippen LogP contribution in [-0.2, 0) is 10.4 Å². The summed E-state index contributed by atoms with van der Waals surface area (Å²) in [5.74, 6) is 1.57. The van der Waals surface area contributed by atoms with E-state index >= 15 is 0 Å². The van der Waals surface area contributed by atoms with Gasteiger partial charge in [0.1, 0.15) is 17.2 Å². The number of hydrogen-bond donors (Lipinski definition) is 2. The van der Waals surface area contributed by atoms with E-state index in [1.807, 2.05) is 55.3 Å². The molecule has 2 saturated heterocycles. The molecule has 0 bridgehead atoms. The van der Waals surface area contributed by atoms with Crippen LogP contribution in [0.5, 0.6) is 5.75 Å². The summed E-state index contributed by atoms with van der Waals surface area (Å²) in [4.78, 5) is 36.6. The van der Waals surface area contributed by atoms with Crippen molar-refractivity contribution in [2.24, 2.45) is 0 Å². The first-order valence-corrected chi connectivity index (χ1v) is 11.8. The minimum Gasteiger partial charge on any atom is -0.482 e. The summed E-state index contributed by atoms with van der Waals surface area (Å²) in [6.07, 6.45) is 6.71. The van der Waals surface area contributed by atoms with Crippen LogP contribution in [0.15, 0.2) is 48.9 Å². The second kappa shape index (κ2) is 7.97. The quantitative estimate of drug-likeness (QED) is 0.594. The topological polar surface area (TPSA) is 99.7 Å². The summed E-state index contributed by atoms with van der Waals surface area (Å²) in [6.45, 7) is 6.03. The Kier molecular flexibility index (Phi) is 4.87. The molecule has 0 saturated carbocycles. The predicted molar refractivity (Wildman–Crippen MR) is 133 cm³/mol. The third-order valence-electron chi connectivity index (χ3n) is 6.72. The van der Waals surface area contributed by atoms with Crippen LogP contribution in [0.1, 0.15) is 32.3 Å². The molecule has 3 aliphatic heterocycles. The maximum Gasteiger partial charge on any atom is 0.322 e. The van der Waals surface area contributed by atoms with Gasteiger partial charge in [0.2, 0.25) is 5.91 Å². The lowest BCUT2D eigenvalue weighted by molar-refractivity contribution is -0.117. The number of nitrogens with zero attached hydrogens (tertiary/aromatic N) is 4. The van der Waals surface area contributed by atoms with Gasteiger partial charge in [-0.05, 0) is 44.5 Å². The molecule has 0 spiro atoms. The van der Waals surface area contributed by atoms with Gasteiger partial charge in [-0.15, -0.1) is 0 Å². The van der Waals surface area contributed by atoms with Crippen LogP contribution >= 0.6 is 0 Å². The number of hydrogen-bond acceptors (Lipinski definition) is 6. The summed E-state index contributed by atoms with van der Waals surface area (Å²) in [7, 11) is 0. The Morgan fingerprint density at radius 3 is 2.66 bits per heavy atom. The van der Waals surface area contributed by atoms with Gasteiger partial charge in [-0.1, -0.05) is 0 Å². The number of aromatic nitrogens is 2. The Hall–Kier alpha value is -4.14. The van der Waals surface area contributed by atoms with E-state index in [-0.39, 0.29) is 11.9 Å². The Bertz CT molecular complexity index is 1350. The summed E-state index contributed by atoms with van der Waals surface area (Å²) in [5, 5.41) is 6.12. The average Bonchev–Trinajstić information content (AvgIpc) is 3.47. The molecule has 2 fully saturated rings. The van der Waals surface area contributed by atoms with Crippen LogP contribution in [-0.4, -0.2) is 41.5 Å². The Balaban J connectivity index is 1.31. The average molecular weight is 471 g/mol. The minimum atomic E-state index is -0.594. The molecular weight excluding hydrogens is 444 g/mol. The minimum absolute atomic E-state index is 0.120. The van der Waals surface area contributed by atoms with Crippen LogP contribution in [0.2, 0.25) is 0 Å². The predicted octanol–water partition coefficient (Wildman–Crippen LogP) is 4.17. The first kappa shape index (κ1) is 21.4. The zero-order chi connectivity index (χ0) is 24.2. The van der Waals surface area contributed by atoms with Crippen molar-refractivity contribution in [3.05, 3.63) is 54.5 Å². The lowest BCUT2D eigenvalue weighted by Gasteiger charge is -2.35. The van der Waals surface area contributed by atoms with Gasteiger partial charge in [0, 0.05) is 60.7 Å². The number of nitrogens with one attached hydrogen (secondary N) is 2. The van der Waals surface area contributed by atoms with Crippen LogP contribution in [0.4, 0.5) is 27.7 Å². The van der Waals surface area contributed by atoms with Crippen molar-refractivity contribution in [3.63, 3.8) is 0 Å². The summed E-state index contributed by atoms with van der Waals surface area (Å²) in [5.41, 5.74) is 4.71. The van der Waals surface area contributed by atoms with Crippen molar-refractivity contribution in [1.82, 2.24) is 15.3 Å². The summed E-state index contributed by atoms with van der Waals surface area (Å²) in [6, 6.07) is 9.70. The fourth-order valence-electron chi connectivity index (χ4n) is 4.98. The van der Waals surface area contributed by atoms with E-state index in [4.69, 9.17) is 4.74 Å². The number of benzene rings is 1. The van der Waals surface area contributed by atoms with Gasteiger partial charge in [0.05, 0.1) is 23.8 Å². The van der Waals surface area contributed by atoms with Gasteiger partial charge < -0.3 is 20.3 Å². The molecule has 5 heterocycles. The first-order chi connectivity index (χ1) is 16.9. The van der Waals surface area contributed by atoms with Gasteiger partial charge in [-0.25, -0.2) is 9.78 Å². The fraction of sp³-hybridized carbons (Fsp3) is 0.308. The molecule has 3 aromatic rings. The number of rotatable bonds is 4. The molecule has 2 N–H and O–H groups in total. The lowest BCUT2D eigenvalue weighted by atomic mass is 9.87. The monoisotopic (exact) mass is 470 g/mol. The molecule has 3 aliphatic rings. The number of ether oxygens (including phenoxy) is 1. The Morgan fingerprint density at radius 1 is 1.00 bits per heavy atom. The van der Waals surface area contributed by atoms with Gasteiger partial charge >= 0.3 is 6.03 Å². The zero-order valence-corrected chi connectivity index (χ0v) is 19.7. The van der Waals surface area contributed by atoms with Gasteiger partial charge in [0.25, 0.3) is 0 Å². The van der Waals surface area contributed by atoms with E-state index in [1.165, 1.54) is 0 Å². The van der Waals surface area contributed by atoms with Gasteiger partial charge in [-0.3, -0.25) is 14.7 Å². The largest absolute Gasteiger partial charge is 0.482 e. The molecule has 0 radical (unpaired) electrons. The van der Waals surface area contributed by atoms with E-state index in [0.29, 0.717) is 25.3 Å². The van der Waals surface area contributed by atoms with Crippen molar-refractivity contribution >= 4 is 34.8 Å². The highest BCUT2D eigenvalue weighted by Crippen LogP contribution is 2.47. The van der Waals surface area contributed by atoms with E-state index in [0.717, 1.165) is 52.5 Å². The highest BCUT2D eigenvalue weighted by molar-refractivity contribution is 5.96. The number of pyridine rings is 2.